The molecule has 0 aliphatic heterocycles. The molecule has 0 aliphatic rings. The van der Waals surface area contributed by atoms with Crippen LogP contribution in [0.15, 0.2) is 60.9 Å². The maximum Gasteiger partial charge on any atom is 0.348 e. The minimum absolute atomic E-state index is 0.0157. The van der Waals surface area contributed by atoms with Gasteiger partial charge in [-0.15, -0.1) is 15.4 Å². The summed E-state index contributed by atoms with van der Waals surface area (Å²) in [5.41, 5.74) is 1.17. The lowest BCUT2D eigenvalue weighted by atomic mass is 10.0. The average molecular weight is 586 g/mol. The second kappa shape index (κ2) is 10.6. The maximum absolute atomic E-state index is 13.9. The first-order valence-corrected chi connectivity index (χ1v) is 14.0. The van der Waals surface area contributed by atoms with Crippen molar-refractivity contribution in [2.75, 3.05) is 11.9 Å². The van der Waals surface area contributed by atoms with E-state index >= 15 is 0 Å². The fourth-order valence-corrected chi connectivity index (χ4v) is 5.87. The largest absolute Gasteiger partial charge is 0.348 e. The van der Waals surface area contributed by atoms with Crippen molar-refractivity contribution in [2.45, 2.75) is 19.4 Å². The molecule has 15 heteroatoms. The highest BCUT2D eigenvalue weighted by Gasteiger charge is 2.29. The molecule has 11 nitrogen and oxygen atoms in total. The molecule has 5 aromatic rings. The predicted molar refractivity (Wildman–Crippen MR) is 145 cm³/mol. The second-order valence-corrected chi connectivity index (χ2v) is 11.5. The van der Waals surface area contributed by atoms with Crippen LogP contribution in [0.1, 0.15) is 10.6 Å². The van der Waals surface area contributed by atoms with Gasteiger partial charge in [0.2, 0.25) is 5.91 Å². The molecule has 1 atom stereocenters. The van der Waals surface area contributed by atoms with Gasteiger partial charge < -0.3 is 10.2 Å². The molecular formula is C25H21F2N7O4S2. The molecule has 5 rings (SSSR count). The van der Waals surface area contributed by atoms with E-state index in [0.29, 0.717) is 26.7 Å². The van der Waals surface area contributed by atoms with Crippen LogP contribution >= 0.6 is 11.3 Å². The van der Waals surface area contributed by atoms with Crippen LogP contribution in [0.5, 0.6) is 0 Å². The minimum Gasteiger partial charge on any atom is -0.325 e. The number of halogens is 2. The van der Waals surface area contributed by atoms with Crippen LogP contribution in [-0.2, 0) is 21.4 Å². The first kappa shape index (κ1) is 27.1. The molecule has 0 saturated carbocycles. The Labute approximate surface area is 230 Å². The van der Waals surface area contributed by atoms with Gasteiger partial charge in [0.25, 0.3) is 0 Å². The number of urea groups is 1. The number of carbonyl (C=O) groups is 2. The van der Waals surface area contributed by atoms with Crippen molar-refractivity contribution < 1.29 is 26.8 Å². The number of fused-ring (bicyclic) bond motifs is 2. The van der Waals surface area contributed by atoms with Gasteiger partial charge >= 0.3 is 16.2 Å². The molecule has 0 fully saturated rings. The maximum atomic E-state index is 13.9. The Morgan fingerprint density at radius 2 is 1.88 bits per heavy atom. The predicted octanol–water partition coefficient (Wildman–Crippen LogP) is 3.29. The van der Waals surface area contributed by atoms with Gasteiger partial charge in [-0.2, -0.15) is 13.5 Å². The summed E-state index contributed by atoms with van der Waals surface area (Å²) in [6.45, 7) is 1.85. The summed E-state index contributed by atoms with van der Waals surface area (Å²) in [6, 6.07) is 8.41. The number of likely N-dealkylation sites (N-methyl/N-ethyl adjacent to an activating group) is 1. The van der Waals surface area contributed by atoms with Gasteiger partial charge in [0.1, 0.15) is 17.7 Å². The quantitative estimate of drug-likeness (QED) is 0.299. The first-order chi connectivity index (χ1) is 19.0. The third-order valence-electron chi connectivity index (χ3n) is 5.91. The van der Waals surface area contributed by atoms with Crippen molar-refractivity contribution in [3.05, 3.63) is 83.1 Å². The van der Waals surface area contributed by atoms with Crippen molar-refractivity contribution in [3.8, 4) is 0 Å². The van der Waals surface area contributed by atoms with Gasteiger partial charge in [-0.25, -0.2) is 28.3 Å². The Kier molecular flexibility index (Phi) is 7.16. The molecule has 0 spiro atoms. The third kappa shape index (κ3) is 5.60. The van der Waals surface area contributed by atoms with Crippen LogP contribution in [0.3, 0.4) is 0 Å². The number of thiazole rings is 1. The number of aromatic nitrogens is 4. The van der Waals surface area contributed by atoms with Crippen LogP contribution in [0.2, 0.25) is 0 Å². The molecule has 0 aliphatic carbocycles. The standard InChI is InChI=1S/C25H21F2N7O4S2/c1-14-30-20-12-19(5-6-22(20)39-14)33(2)24(35)21(10-15-8-17(26)11-18(27)9-15)31-25(36)32-40(37,38)34-23-16(13-29-34)4-3-7-28-23/h3-9,11-13,21H,10H2,1-2H3,(H2,31,32,36). The van der Waals surface area contributed by atoms with Crippen molar-refractivity contribution in [1.29, 1.82) is 0 Å². The smallest absolute Gasteiger partial charge is 0.325 e. The summed E-state index contributed by atoms with van der Waals surface area (Å²) >= 11 is 1.49. The topological polar surface area (TPSA) is 139 Å². The van der Waals surface area contributed by atoms with E-state index in [1.165, 1.54) is 35.7 Å². The first-order valence-electron chi connectivity index (χ1n) is 11.7. The number of pyridine rings is 1. The summed E-state index contributed by atoms with van der Waals surface area (Å²) in [6.07, 6.45) is 2.29. The number of rotatable bonds is 7. The Bertz CT molecular complexity index is 1850. The molecule has 1 unspecified atom stereocenters. The molecule has 0 saturated heterocycles. The summed E-state index contributed by atoms with van der Waals surface area (Å²) in [5, 5.41) is 7.36. The molecule has 0 bridgehead atoms. The Morgan fingerprint density at radius 1 is 1.12 bits per heavy atom. The zero-order valence-electron chi connectivity index (χ0n) is 21.0. The SMILES string of the molecule is Cc1nc2cc(N(C)C(=O)C(Cc3cc(F)cc(F)c3)NC(=O)NS(=O)(=O)n3ncc4cccnc43)ccc2s1. The van der Waals surface area contributed by atoms with Crippen molar-refractivity contribution in [1.82, 2.24) is 29.2 Å². The number of anilines is 1. The summed E-state index contributed by atoms with van der Waals surface area (Å²) < 4.78 is 56.8. The lowest BCUT2D eigenvalue weighted by Crippen LogP contribution is -2.53. The number of hydrogen-bond donors (Lipinski definition) is 2. The summed E-state index contributed by atoms with van der Waals surface area (Å²) in [4.78, 5) is 36.1. The zero-order valence-corrected chi connectivity index (χ0v) is 22.6. The van der Waals surface area contributed by atoms with Crippen LogP contribution in [0.25, 0.3) is 21.3 Å². The Balaban J connectivity index is 1.41. The minimum atomic E-state index is -4.57. The van der Waals surface area contributed by atoms with Gasteiger partial charge in [-0.3, -0.25) is 4.79 Å². The number of nitrogens with zero attached hydrogens (tertiary/aromatic N) is 5. The molecule has 0 radical (unpaired) electrons. The molecule has 206 valence electrons. The average Bonchev–Trinajstić information content (AvgIpc) is 3.49. The van der Waals surface area contributed by atoms with E-state index in [2.05, 4.69) is 20.4 Å². The highest BCUT2D eigenvalue weighted by atomic mass is 32.2. The third-order valence-corrected chi connectivity index (χ3v) is 8.03. The number of hydrogen-bond acceptors (Lipinski definition) is 8. The molecule has 3 amide bonds. The van der Waals surface area contributed by atoms with Gasteiger partial charge in [0, 0.05) is 36.8 Å². The molecule has 2 N–H and O–H groups in total. The molecule has 3 heterocycles. The Hall–Kier alpha value is -4.50. The fraction of sp³-hybridized carbons (Fsp3) is 0.160. The van der Waals surface area contributed by atoms with Crippen LogP contribution < -0.4 is 14.9 Å². The lowest BCUT2D eigenvalue weighted by Gasteiger charge is -2.25. The van der Waals surface area contributed by atoms with E-state index < -0.39 is 39.8 Å². The number of nitrogens with one attached hydrogen (secondary N) is 2. The Morgan fingerprint density at radius 3 is 2.62 bits per heavy atom. The van der Waals surface area contributed by atoms with E-state index in [9.17, 15) is 26.8 Å². The second-order valence-electron chi connectivity index (χ2n) is 8.80. The number of amides is 3. The van der Waals surface area contributed by atoms with E-state index in [1.54, 1.807) is 35.1 Å². The van der Waals surface area contributed by atoms with Gasteiger partial charge in [-0.1, -0.05) is 0 Å². The van der Waals surface area contributed by atoms with E-state index in [-0.39, 0.29) is 17.6 Å². The molecule has 3 aromatic heterocycles. The van der Waals surface area contributed by atoms with Gasteiger partial charge in [-0.05, 0) is 55.0 Å². The monoisotopic (exact) mass is 585 g/mol. The normalized spacial score (nSPS) is 12.4. The van der Waals surface area contributed by atoms with Gasteiger partial charge in [0.15, 0.2) is 5.65 Å². The van der Waals surface area contributed by atoms with Crippen molar-refractivity contribution in [2.24, 2.45) is 0 Å². The van der Waals surface area contributed by atoms with E-state index in [0.717, 1.165) is 21.8 Å². The van der Waals surface area contributed by atoms with E-state index in [1.807, 2.05) is 6.92 Å². The summed E-state index contributed by atoms with van der Waals surface area (Å²) in [5.74, 6) is -2.41. The van der Waals surface area contributed by atoms with Crippen molar-refractivity contribution >= 4 is 60.4 Å². The summed E-state index contributed by atoms with van der Waals surface area (Å²) in [7, 11) is -3.11. The van der Waals surface area contributed by atoms with Crippen LogP contribution in [0.4, 0.5) is 19.3 Å². The fourth-order valence-electron chi connectivity index (χ4n) is 4.13. The highest BCUT2D eigenvalue weighted by Crippen LogP contribution is 2.26. The van der Waals surface area contributed by atoms with E-state index in [4.69, 9.17) is 0 Å². The molecular weight excluding hydrogens is 564 g/mol. The zero-order chi connectivity index (χ0) is 28.6. The number of carbonyl (C=O) groups excluding carboxylic acids is 2. The number of benzene rings is 2. The van der Waals surface area contributed by atoms with Crippen LogP contribution in [0, 0.1) is 18.6 Å². The van der Waals surface area contributed by atoms with Crippen molar-refractivity contribution in [3.63, 3.8) is 0 Å². The van der Waals surface area contributed by atoms with Gasteiger partial charge in [0.05, 0.1) is 21.4 Å². The lowest BCUT2D eigenvalue weighted by molar-refractivity contribution is -0.120. The molecule has 40 heavy (non-hydrogen) atoms. The molecule has 2 aromatic carbocycles. The highest BCUT2D eigenvalue weighted by molar-refractivity contribution is 7.88. The number of aryl methyl sites for hydroxylation is 1. The van der Waals surface area contributed by atoms with Crippen LogP contribution in [-0.4, -0.2) is 52.6 Å².